The van der Waals surface area contributed by atoms with Gasteiger partial charge in [-0.15, -0.1) is 0 Å². The largest absolute Gasteiger partial charge is 0.458 e. The SMILES string of the molecule is Cc1cccc2c1C(=O)N1CC[C@H]1c1c(C(=O)OC3CCCCC3)ncn1-2. The van der Waals surface area contributed by atoms with Crippen LogP contribution in [-0.2, 0) is 4.74 Å². The molecule has 0 spiro atoms. The number of hydrogen-bond donors (Lipinski definition) is 0. The number of amides is 1. The van der Waals surface area contributed by atoms with Crippen molar-refractivity contribution in [1.82, 2.24) is 14.5 Å². The quantitative estimate of drug-likeness (QED) is 0.763. The zero-order chi connectivity index (χ0) is 18.5. The van der Waals surface area contributed by atoms with Crippen LogP contribution in [0.5, 0.6) is 0 Å². The van der Waals surface area contributed by atoms with Crippen molar-refractivity contribution in [3.05, 3.63) is 47.0 Å². The van der Waals surface area contributed by atoms with Crippen LogP contribution in [0.2, 0.25) is 0 Å². The third-order valence-corrected chi connectivity index (χ3v) is 6.14. The van der Waals surface area contributed by atoms with Crippen molar-refractivity contribution in [3.8, 4) is 5.69 Å². The molecule has 5 rings (SSSR count). The molecule has 2 aromatic rings. The van der Waals surface area contributed by atoms with Gasteiger partial charge in [-0.25, -0.2) is 9.78 Å². The number of benzene rings is 1. The van der Waals surface area contributed by atoms with Gasteiger partial charge in [-0.2, -0.15) is 0 Å². The summed E-state index contributed by atoms with van der Waals surface area (Å²) in [5, 5.41) is 0. The minimum absolute atomic E-state index is 0.0111. The van der Waals surface area contributed by atoms with Crippen molar-refractivity contribution in [2.75, 3.05) is 6.54 Å². The number of esters is 1. The minimum Gasteiger partial charge on any atom is -0.458 e. The van der Waals surface area contributed by atoms with Gasteiger partial charge in [0, 0.05) is 6.54 Å². The van der Waals surface area contributed by atoms with Gasteiger partial charge in [0.15, 0.2) is 5.69 Å². The van der Waals surface area contributed by atoms with Gasteiger partial charge in [0.2, 0.25) is 0 Å². The Balaban J connectivity index is 1.57. The van der Waals surface area contributed by atoms with Crippen LogP contribution in [0.15, 0.2) is 24.5 Å². The number of imidazole rings is 1. The van der Waals surface area contributed by atoms with Crippen molar-refractivity contribution < 1.29 is 14.3 Å². The number of nitrogens with zero attached hydrogens (tertiary/aromatic N) is 3. The average molecular weight is 365 g/mol. The zero-order valence-corrected chi connectivity index (χ0v) is 15.5. The number of carbonyl (C=O) groups excluding carboxylic acids is 2. The minimum atomic E-state index is -0.356. The summed E-state index contributed by atoms with van der Waals surface area (Å²) in [5.74, 6) is -0.319. The van der Waals surface area contributed by atoms with E-state index in [0.29, 0.717) is 17.8 Å². The Morgan fingerprint density at radius 2 is 2.00 bits per heavy atom. The molecule has 27 heavy (non-hydrogen) atoms. The molecular weight excluding hydrogens is 342 g/mol. The number of hydrogen-bond acceptors (Lipinski definition) is 4. The van der Waals surface area contributed by atoms with Crippen molar-refractivity contribution in [3.63, 3.8) is 0 Å². The fourth-order valence-electron chi connectivity index (χ4n) is 4.61. The molecule has 6 heteroatoms. The second-order valence-corrected chi connectivity index (χ2v) is 7.79. The maximum absolute atomic E-state index is 13.1. The number of aromatic nitrogens is 2. The van der Waals surface area contributed by atoms with E-state index >= 15 is 0 Å². The zero-order valence-electron chi connectivity index (χ0n) is 15.5. The number of ether oxygens (including phenoxy) is 1. The highest BCUT2D eigenvalue weighted by molar-refractivity contribution is 6.01. The van der Waals surface area contributed by atoms with E-state index in [1.807, 2.05) is 34.6 Å². The van der Waals surface area contributed by atoms with E-state index in [2.05, 4.69) is 4.98 Å². The Hall–Kier alpha value is -2.63. The van der Waals surface area contributed by atoms with Crippen molar-refractivity contribution in [1.29, 1.82) is 0 Å². The monoisotopic (exact) mass is 365 g/mol. The van der Waals surface area contributed by atoms with Crippen molar-refractivity contribution in [2.45, 2.75) is 57.6 Å². The molecule has 1 saturated heterocycles. The van der Waals surface area contributed by atoms with Gasteiger partial charge in [0.1, 0.15) is 12.4 Å². The molecule has 0 bridgehead atoms. The lowest BCUT2D eigenvalue weighted by atomic mass is 9.96. The summed E-state index contributed by atoms with van der Waals surface area (Å²) in [5.41, 5.74) is 3.59. The molecule has 0 radical (unpaired) electrons. The van der Waals surface area contributed by atoms with E-state index < -0.39 is 0 Å². The predicted octanol–water partition coefficient (Wildman–Crippen LogP) is 3.57. The second kappa shape index (κ2) is 6.22. The van der Waals surface area contributed by atoms with Crippen molar-refractivity contribution >= 4 is 11.9 Å². The summed E-state index contributed by atoms with van der Waals surface area (Å²) in [6.45, 7) is 2.66. The fraction of sp³-hybridized carbons (Fsp3) is 0.476. The standard InChI is InChI=1S/C21H23N3O3/c1-13-6-5-9-15-17(13)20(25)23-11-10-16(23)19-18(22-12-24(15)19)21(26)27-14-7-3-2-4-8-14/h5-6,9,12,14,16H,2-4,7-8,10-11H2,1H3/t16-/m0/s1. The van der Waals surface area contributed by atoms with Crippen LogP contribution in [0.4, 0.5) is 0 Å². The molecule has 3 aliphatic rings. The highest BCUT2D eigenvalue weighted by Crippen LogP contribution is 2.41. The predicted molar refractivity (Wildman–Crippen MR) is 99.0 cm³/mol. The van der Waals surface area contributed by atoms with E-state index in [1.165, 1.54) is 6.42 Å². The molecule has 140 valence electrons. The third-order valence-electron chi connectivity index (χ3n) is 6.14. The Bertz CT molecular complexity index is 927. The van der Waals surface area contributed by atoms with Crippen LogP contribution in [-0.4, -0.2) is 39.0 Å². The fourth-order valence-corrected chi connectivity index (χ4v) is 4.61. The van der Waals surface area contributed by atoms with Gasteiger partial charge in [0.05, 0.1) is 23.0 Å². The topological polar surface area (TPSA) is 64.4 Å². The maximum Gasteiger partial charge on any atom is 0.359 e. The van der Waals surface area contributed by atoms with Crippen LogP contribution >= 0.6 is 0 Å². The first-order valence-corrected chi connectivity index (χ1v) is 9.84. The van der Waals surface area contributed by atoms with Gasteiger partial charge in [-0.3, -0.25) is 9.36 Å². The summed E-state index contributed by atoms with van der Waals surface area (Å²) < 4.78 is 7.69. The van der Waals surface area contributed by atoms with Crippen molar-refractivity contribution in [2.24, 2.45) is 0 Å². The molecule has 1 aliphatic carbocycles. The number of aryl methyl sites for hydroxylation is 1. The van der Waals surface area contributed by atoms with Gasteiger partial charge in [0.25, 0.3) is 5.91 Å². The Morgan fingerprint density at radius 1 is 1.19 bits per heavy atom. The lowest BCUT2D eigenvalue weighted by Gasteiger charge is -2.40. The molecule has 0 unspecified atom stereocenters. The summed E-state index contributed by atoms with van der Waals surface area (Å²) in [6, 6.07) is 5.70. The average Bonchev–Trinajstić information content (AvgIpc) is 3.03. The normalized spacial score (nSPS) is 21.6. The van der Waals surface area contributed by atoms with Gasteiger partial charge >= 0.3 is 5.97 Å². The van der Waals surface area contributed by atoms with Crippen LogP contribution < -0.4 is 0 Å². The van der Waals surface area contributed by atoms with Crippen LogP contribution in [0, 0.1) is 6.92 Å². The van der Waals surface area contributed by atoms with Crippen LogP contribution in [0.3, 0.4) is 0 Å². The number of carbonyl (C=O) groups is 2. The maximum atomic E-state index is 13.1. The summed E-state index contributed by atoms with van der Waals surface area (Å²) in [7, 11) is 0. The molecule has 1 saturated carbocycles. The van der Waals surface area contributed by atoms with E-state index in [9.17, 15) is 9.59 Å². The molecule has 1 atom stereocenters. The third kappa shape index (κ3) is 2.50. The molecule has 3 heterocycles. The Kier molecular flexibility index (Phi) is 3.81. The highest BCUT2D eigenvalue weighted by Gasteiger charge is 2.43. The van der Waals surface area contributed by atoms with Crippen LogP contribution in [0.25, 0.3) is 5.69 Å². The summed E-state index contributed by atoms with van der Waals surface area (Å²) in [6.07, 6.45) is 7.78. The summed E-state index contributed by atoms with van der Waals surface area (Å²) in [4.78, 5) is 32.2. The molecular formula is C21H23N3O3. The smallest absolute Gasteiger partial charge is 0.359 e. The Morgan fingerprint density at radius 3 is 2.74 bits per heavy atom. The van der Waals surface area contributed by atoms with E-state index in [1.54, 1.807) is 6.33 Å². The summed E-state index contributed by atoms with van der Waals surface area (Å²) >= 11 is 0. The molecule has 1 aromatic carbocycles. The lowest BCUT2D eigenvalue weighted by Crippen LogP contribution is -2.45. The molecule has 2 fully saturated rings. The van der Waals surface area contributed by atoms with E-state index in [4.69, 9.17) is 4.74 Å². The molecule has 1 aromatic heterocycles. The highest BCUT2D eigenvalue weighted by atomic mass is 16.5. The van der Waals surface area contributed by atoms with Gasteiger partial charge < -0.3 is 9.64 Å². The molecule has 2 aliphatic heterocycles. The first-order chi connectivity index (χ1) is 13.1. The van der Waals surface area contributed by atoms with E-state index in [-0.39, 0.29) is 24.0 Å². The number of rotatable bonds is 2. The first kappa shape index (κ1) is 16.5. The molecule has 6 nitrogen and oxygen atoms in total. The van der Waals surface area contributed by atoms with Gasteiger partial charge in [-0.05, 0) is 50.7 Å². The van der Waals surface area contributed by atoms with Crippen LogP contribution in [0.1, 0.15) is 76.7 Å². The molecule has 1 amide bonds. The Labute approximate surface area is 158 Å². The van der Waals surface area contributed by atoms with E-state index in [0.717, 1.165) is 49.0 Å². The lowest BCUT2D eigenvalue weighted by molar-refractivity contribution is 0.0192. The van der Waals surface area contributed by atoms with Gasteiger partial charge in [-0.1, -0.05) is 18.6 Å². The molecule has 0 N–H and O–H groups in total. The first-order valence-electron chi connectivity index (χ1n) is 9.84. The second-order valence-electron chi connectivity index (χ2n) is 7.79. The number of fused-ring (bicyclic) bond motifs is 5.